The topological polar surface area (TPSA) is 65.0 Å². The van der Waals surface area contributed by atoms with Crippen LogP contribution in [-0.4, -0.2) is 30.1 Å². The standard InChI is InChI=1S/C34H44O5/c1-8-25(27-13-17-31(35)18-14-27)22-30(28-9-11-29(12-10-28)33(36)39-34(4,5)6)21-23(2)26-15-19-32(20-16-26)38-24(3)37-7/h9-20,23-25,30,35H,8,21-22H2,1-7H3. The lowest BCUT2D eigenvalue weighted by atomic mass is 9.78. The van der Waals surface area contributed by atoms with E-state index in [9.17, 15) is 9.90 Å². The smallest absolute Gasteiger partial charge is 0.338 e. The molecule has 3 rings (SSSR count). The first-order valence-electron chi connectivity index (χ1n) is 13.9. The third kappa shape index (κ3) is 9.14. The number of carbonyl (C=O) groups is 1. The van der Waals surface area contributed by atoms with Crippen molar-refractivity contribution in [2.45, 2.75) is 90.4 Å². The van der Waals surface area contributed by atoms with Crippen LogP contribution in [0.4, 0.5) is 0 Å². The molecular weight excluding hydrogens is 488 g/mol. The summed E-state index contributed by atoms with van der Waals surface area (Å²) in [6.07, 6.45) is 2.61. The molecule has 0 fully saturated rings. The molecule has 0 radical (unpaired) electrons. The summed E-state index contributed by atoms with van der Waals surface area (Å²) >= 11 is 0. The van der Waals surface area contributed by atoms with Crippen LogP contribution in [0.15, 0.2) is 72.8 Å². The number of phenolic OH excluding ortho intramolecular Hbond substituents is 1. The number of hydrogen-bond donors (Lipinski definition) is 1. The van der Waals surface area contributed by atoms with Gasteiger partial charge in [0.25, 0.3) is 0 Å². The van der Waals surface area contributed by atoms with Crippen molar-refractivity contribution in [2.24, 2.45) is 0 Å². The Morgan fingerprint density at radius 2 is 1.33 bits per heavy atom. The quantitative estimate of drug-likeness (QED) is 0.187. The van der Waals surface area contributed by atoms with E-state index in [4.69, 9.17) is 14.2 Å². The maximum Gasteiger partial charge on any atom is 0.338 e. The Bertz CT molecular complexity index is 1160. The summed E-state index contributed by atoms with van der Waals surface area (Å²) in [5, 5.41) is 9.79. The first-order chi connectivity index (χ1) is 18.5. The van der Waals surface area contributed by atoms with Gasteiger partial charge >= 0.3 is 5.97 Å². The van der Waals surface area contributed by atoms with Crippen LogP contribution in [0.2, 0.25) is 0 Å². The number of carbonyl (C=O) groups excluding carboxylic acids is 1. The highest BCUT2D eigenvalue weighted by atomic mass is 16.7. The van der Waals surface area contributed by atoms with Crippen molar-refractivity contribution in [3.8, 4) is 11.5 Å². The van der Waals surface area contributed by atoms with Gasteiger partial charge in [-0.25, -0.2) is 4.79 Å². The van der Waals surface area contributed by atoms with Gasteiger partial charge in [-0.3, -0.25) is 0 Å². The molecule has 5 nitrogen and oxygen atoms in total. The normalized spacial score (nSPS) is 14.7. The van der Waals surface area contributed by atoms with Crippen LogP contribution in [0.25, 0.3) is 0 Å². The summed E-state index contributed by atoms with van der Waals surface area (Å²) in [6, 6.07) is 23.7. The third-order valence-corrected chi connectivity index (χ3v) is 7.16. The zero-order valence-corrected chi connectivity index (χ0v) is 24.4. The summed E-state index contributed by atoms with van der Waals surface area (Å²) in [5.74, 6) is 1.69. The largest absolute Gasteiger partial charge is 0.508 e. The second-order valence-electron chi connectivity index (χ2n) is 11.4. The molecule has 0 aromatic heterocycles. The predicted molar refractivity (Wildman–Crippen MR) is 157 cm³/mol. The highest BCUT2D eigenvalue weighted by molar-refractivity contribution is 5.89. The van der Waals surface area contributed by atoms with Crippen LogP contribution in [0, 0.1) is 0 Å². The van der Waals surface area contributed by atoms with E-state index in [0.29, 0.717) is 17.4 Å². The maximum absolute atomic E-state index is 12.6. The first kappa shape index (κ1) is 30.2. The van der Waals surface area contributed by atoms with Crippen LogP contribution in [0.1, 0.15) is 106 Å². The van der Waals surface area contributed by atoms with Gasteiger partial charge in [0.2, 0.25) is 0 Å². The van der Waals surface area contributed by atoms with Crippen LogP contribution in [0.5, 0.6) is 11.5 Å². The monoisotopic (exact) mass is 532 g/mol. The molecule has 5 heteroatoms. The number of aromatic hydroxyl groups is 1. The van der Waals surface area contributed by atoms with Gasteiger partial charge in [0, 0.05) is 7.11 Å². The SMILES string of the molecule is CCC(CC(CC(C)c1ccc(OC(C)OC)cc1)c1ccc(C(=O)OC(C)(C)C)cc1)c1ccc(O)cc1. The Kier molecular flexibility index (Phi) is 10.6. The lowest BCUT2D eigenvalue weighted by Crippen LogP contribution is -2.23. The minimum absolute atomic E-state index is 0.274. The molecule has 0 aliphatic rings. The molecular formula is C34H44O5. The van der Waals surface area contributed by atoms with Crippen molar-refractivity contribution >= 4 is 5.97 Å². The van der Waals surface area contributed by atoms with Crippen molar-refractivity contribution in [3.63, 3.8) is 0 Å². The predicted octanol–water partition coefficient (Wildman–Crippen LogP) is 8.58. The van der Waals surface area contributed by atoms with E-state index in [1.54, 1.807) is 19.2 Å². The molecule has 4 atom stereocenters. The number of methoxy groups -OCH3 is 1. The van der Waals surface area contributed by atoms with Crippen molar-refractivity contribution in [2.75, 3.05) is 7.11 Å². The summed E-state index contributed by atoms with van der Waals surface area (Å²) < 4.78 is 16.5. The zero-order chi connectivity index (χ0) is 28.6. The van der Waals surface area contributed by atoms with E-state index in [1.807, 2.05) is 64.1 Å². The third-order valence-electron chi connectivity index (χ3n) is 7.16. The molecule has 4 unspecified atom stereocenters. The van der Waals surface area contributed by atoms with Crippen molar-refractivity contribution in [1.29, 1.82) is 0 Å². The van der Waals surface area contributed by atoms with E-state index >= 15 is 0 Å². The molecule has 0 bridgehead atoms. The lowest BCUT2D eigenvalue weighted by Gasteiger charge is -2.27. The zero-order valence-electron chi connectivity index (χ0n) is 24.4. The fraction of sp³-hybridized carbons (Fsp3) is 0.441. The van der Waals surface area contributed by atoms with Gasteiger partial charge in [-0.1, -0.05) is 50.2 Å². The van der Waals surface area contributed by atoms with E-state index < -0.39 is 5.60 Å². The van der Waals surface area contributed by atoms with Crippen molar-refractivity contribution in [1.82, 2.24) is 0 Å². The van der Waals surface area contributed by atoms with Crippen molar-refractivity contribution < 1.29 is 24.1 Å². The minimum atomic E-state index is -0.533. The fourth-order valence-electron chi connectivity index (χ4n) is 4.90. The number of rotatable bonds is 12. The molecule has 0 spiro atoms. The van der Waals surface area contributed by atoms with Gasteiger partial charge in [-0.15, -0.1) is 0 Å². The molecule has 0 saturated carbocycles. The van der Waals surface area contributed by atoms with Crippen LogP contribution in [-0.2, 0) is 9.47 Å². The van der Waals surface area contributed by atoms with Crippen LogP contribution in [0.3, 0.4) is 0 Å². The molecule has 0 heterocycles. The van der Waals surface area contributed by atoms with Crippen LogP contribution >= 0.6 is 0 Å². The maximum atomic E-state index is 12.6. The minimum Gasteiger partial charge on any atom is -0.508 e. The molecule has 0 amide bonds. The Balaban J connectivity index is 1.84. The highest BCUT2D eigenvalue weighted by Gasteiger charge is 2.23. The Hall–Kier alpha value is -3.31. The number of esters is 1. The summed E-state index contributed by atoms with van der Waals surface area (Å²) in [6.45, 7) is 12.0. The van der Waals surface area contributed by atoms with Gasteiger partial charge in [0.1, 0.15) is 17.1 Å². The molecule has 3 aromatic rings. The summed E-state index contributed by atoms with van der Waals surface area (Å²) in [5.41, 5.74) is 3.72. The molecule has 0 aliphatic heterocycles. The molecule has 210 valence electrons. The fourth-order valence-corrected chi connectivity index (χ4v) is 4.90. The summed E-state index contributed by atoms with van der Waals surface area (Å²) in [4.78, 5) is 12.6. The average molecular weight is 533 g/mol. The Morgan fingerprint density at radius 3 is 1.87 bits per heavy atom. The average Bonchev–Trinajstić information content (AvgIpc) is 2.91. The Morgan fingerprint density at radius 1 is 0.795 bits per heavy atom. The van der Waals surface area contributed by atoms with Crippen LogP contribution < -0.4 is 4.74 Å². The van der Waals surface area contributed by atoms with E-state index in [0.717, 1.165) is 25.0 Å². The van der Waals surface area contributed by atoms with Gasteiger partial charge < -0.3 is 19.3 Å². The number of ether oxygens (including phenoxy) is 3. The second kappa shape index (κ2) is 13.7. The van der Waals surface area contributed by atoms with Gasteiger partial charge in [0.15, 0.2) is 6.29 Å². The van der Waals surface area contributed by atoms with E-state index in [1.165, 1.54) is 16.7 Å². The first-order valence-corrected chi connectivity index (χ1v) is 13.9. The van der Waals surface area contributed by atoms with Gasteiger partial charge in [-0.05, 0) is 118 Å². The number of benzene rings is 3. The molecule has 0 saturated heterocycles. The Labute approximate surface area is 234 Å². The highest BCUT2D eigenvalue weighted by Crippen LogP contribution is 2.39. The van der Waals surface area contributed by atoms with Gasteiger partial charge in [-0.2, -0.15) is 0 Å². The lowest BCUT2D eigenvalue weighted by molar-refractivity contribution is -0.0382. The second-order valence-corrected chi connectivity index (χ2v) is 11.4. The number of hydrogen-bond acceptors (Lipinski definition) is 5. The van der Waals surface area contributed by atoms with E-state index in [2.05, 4.69) is 38.1 Å². The molecule has 0 aliphatic carbocycles. The molecule has 1 N–H and O–H groups in total. The number of phenols is 1. The summed E-state index contributed by atoms with van der Waals surface area (Å²) in [7, 11) is 1.63. The molecule has 3 aromatic carbocycles. The van der Waals surface area contributed by atoms with Crippen molar-refractivity contribution in [3.05, 3.63) is 95.1 Å². The van der Waals surface area contributed by atoms with Gasteiger partial charge in [0.05, 0.1) is 5.56 Å². The molecule has 39 heavy (non-hydrogen) atoms. The van der Waals surface area contributed by atoms with E-state index in [-0.39, 0.29) is 23.9 Å².